The van der Waals surface area contributed by atoms with Crippen molar-refractivity contribution in [2.24, 2.45) is 0 Å². The predicted molar refractivity (Wildman–Crippen MR) is 94.4 cm³/mol. The van der Waals surface area contributed by atoms with Crippen molar-refractivity contribution in [2.75, 3.05) is 0 Å². The Morgan fingerprint density at radius 3 is 2.74 bits per heavy atom. The second-order valence-corrected chi connectivity index (χ2v) is 6.80. The lowest BCUT2D eigenvalue weighted by molar-refractivity contribution is 0.456. The molecule has 2 aromatic carbocycles. The van der Waals surface area contributed by atoms with Crippen molar-refractivity contribution in [2.45, 2.75) is 29.5 Å². The van der Waals surface area contributed by atoms with Crippen molar-refractivity contribution in [3.8, 4) is 22.8 Å². The number of pyridine rings is 1. The van der Waals surface area contributed by atoms with Gasteiger partial charge in [0.05, 0.1) is 15.5 Å². The molecule has 1 aliphatic heterocycles. The van der Waals surface area contributed by atoms with Gasteiger partial charge in [0.1, 0.15) is 5.75 Å². The Morgan fingerprint density at radius 2 is 1.87 bits per heavy atom. The Labute approximate surface area is 141 Å². The van der Waals surface area contributed by atoms with E-state index >= 15 is 0 Å². The second kappa shape index (κ2) is 5.74. The molecule has 3 heteroatoms. The number of hydrogen-bond donors (Lipinski definition) is 0. The molecule has 0 atom stereocenters. The van der Waals surface area contributed by atoms with E-state index in [4.69, 9.17) is 6.11 Å². The number of nitrogens with zero attached hydrogens (tertiary/aromatic N) is 1. The summed E-state index contributed by atoms with van der Waals surface area (Å²) in [6.45, 7) is 3.77. The fourth-order valence-corrected chi connectivity index (χ4v) is 3.62. The molecule has 1 aromatic heterocycles. The lowest BCUT2D eigenvalue weighted by Gasteiger charge is -2.22. The van der Waals surface area contributed by atoms with Gasteiger partial charge in [0.25, 0.3) is 0 Å². The topological polar surface area (TPSA) is 22.1 Å². The third-order valence-electron chi connectivity index (χ3n) is 3.87. The van der Waals surface area contributed by atoms with Crippen LogP contribution >= 0.6 is 11.8 Å². The lowest BCUT2D eigenvalue weighted by atomic mass is 10.0. The molecule has 0 bridgehead atoms. The van der Waals surface area contributed by atoms with Crippen molar-refractivity contribution in [3.05, 3.63) is 66.4 Å². The third kappa shape index (κ3) is 2.62. The van der Waals surface area contributed by atoms with E-state index in [1.807, 2.05) is 56.3 Å². The maximum Gasteiger partial charge on any atom is 0.150 e. The molecule has 0 aliphatic carbocycles. The molecule has 0 amide bonds. The summed E-state index contributed by atoms with van der Waals surface area (Å²) in [6, 6.07) is 18.1. The zero-order valence-corrected chi connectivity index (χ0v) is 13.9. The Bertz CT molecular complexity index is 918. The summed E-state index contributed by atoms with van der Waals surface area (Å²) < 4.78 is 14.4. The quantitative estimate of drug-likeness (QED) is 0.443. The van der Waals surface area contributed by atoms with Crippen LogP contribution in [0.25, 0.3) is 11.3 Å². The second-order valence-electron chi connectivity index (χ2n) is 5.71. The Kier molecular flexibility index (Phi) is 3.30. The first-order valence-corrected chi connectivity index (χ1v) is 8.39. The number of fused-ring (bicyclic) bond motifs is 2. The summed E-state index contributed by atoms with van der Waals surface area (Å²) in [7, 11) is 0. The SMILES string of the molecule is [2H]C(C)(C)c1ccnc(-c2cccc3c2Oc2ccccc2S3)c1. The maximum atomic E-state index is 8.25. The van der Waals surface area contributed by atoms with Crippen molar-refractivity contribution in [1.82, 2.24) is 4.98 Å². The predicted octanol–water partition coefficient (Wildman–Crippen LogP) is 6.13. The molecule has 114 valence electrons. The molecular weight excluding hydrogens is 302 g/mol. The van der Waals surface area contributed by atoms with Gasteiger partial charge < -0.3 is 4.74 Å². The van der Waals surface area contributed by atoms with Crippen LogP contribution in [0.15, 0.2) is 70.6 Å². The summed E-state index contributed by atoms with van der Waals surface area (Å²) in [5.74, 6) is 1.06. The van der Waals surface area contributed by atoms with Crippen molar-refractivity contribution in [1.29, 1.82) is 0 Å². The molecule has 0 N–H and O–H groups in total. The Morgan fingerprint density at radius 1 is 1.04 bits per heavy atom. The van der Waals surface area contributed by atoms with Gasteiger partial charge >= 0.3 is 0 Å². The minimum atomic E-state index is -0.658. The number of para-hydroxylation sites is 2. The van der Waals surface area contributed by atoms with Crippen molar-refractivity contribution in [3.63, 3.8) is 0 Å². The number of aromatic nitrogens is 1. The molecule has 23 heavy (non-hydrogen) atoms. The van der Waals surface area contributed by atoms with Crippen LogP contribution in [0.2, 0.25) is 0 Å². The molecule has 0 radical (unpaired) electrons. The lowest BCUT2D eigenvalue weighted by Crippen LogP contribution is -1.98. The van der Waals surface area contributed by atoms with Crippen LogP contribution in [0.1, 0.15) is 26.7 Å². The van der Waals surface area contributed by atoms with Crippen LogP contribution in [0.4, 0.5) is 0 Å². The first-order chi connectivity index (χ1) is 11.5. The van der Waals surface area contributed by atoms with Gasteiger partial charge in [-0.15, -0.1) is 0 Å². The van der Waals surface area contributed by atoms with Crippen LogP contribution in [-0.2, 0) is 0 Å². The molecule has 2 heterocycles. The summed E-state index contributed by atoms with van der Waals surface area (Å²) in [5, 5.41) is 0. The number of hydrogen-bond acceptors (Lipinski definition) is 3. The van der Waals surface area contributed by atoms with Crippen LogP contribution in [-0.4, -0.2) is 4.98 Å². The van der Waals surface area contributed by atoms with Gasteiger partial charge in [0.15, 0.2) is 5.75 Å². The van der Waals surface area contributed by atoms with Crippen LogP contribution in [0, 0.1) is 0 Å². The highest BCUT2D eigenvalue weighted by Crippen LogP contribution is 2.50. The van der Waals surface area contributed by atoms with Crippen LogP contribution in [0.5, 0.6) is 11.5 Å². The normalized spacial score (nSPS) is 13.6. The minimum Gasteiger partial charge on any atom is -0.454 e. The van der Waals surface area contributed by atoms with E-state index in [9.17, 15) is 0 Å². The van der Waals surface area contributed by atoms with Gasteiger partial charge in [0.2, 0.25) is 0 Å². The molecule has 1 aliphatic rings. The fraction of sp³-hybridized carbons (Fsp3) is 0.150. The molecule has 4 rings (SSSR count). The summed E-state index contributed by atoms with van der Waals surface area (Å²) >= 11 is 1.71. The molecular formula is C20H17NOS. The summed E-state index contributed by atoms with van der Waals surface area (Å²) in [5.41, 5.74) is 2.74. The summed E-state index contributed by atoms with van der Waals surface area (Å²) in [4.78, 5) is 6.72. The Hall–Kier alpha value is -2.26. The van der Waals surface area contributed by atoms with E-state index in [1.54, 1.807) is 18.0 Å². The molecule has 2 nitrogen and oxygen atoms in total. The first-order valence-electron chi connectivity index (χ1n) is 8.07. The number of benzene rings is 2. The van der Waals surface area contributed by atoms with E-state index in [-0.39, 0.29) is 0 Å². The van der Waals surface area contributed by atoms with Crippen molar-refractivity contribution >= 4 is 11.8 Å². The average Bonchev–Trinajstić information content (AvgIpc) is 2.59. The Balaban J connectivity index is 1.82. The van der Waals surface area contributed by atoms with Crippen molar-refractivity contribution < 1.29 is 6.11 Å². The standard InChI is InChI=1S/C20H17NOS/c1-13(2)14-10-11-21-16(12-14)15-6-5-9-19-20(15)22-17-7-3-4-8-18(17)23-19/h3-13H,1-2H3/i13D. The zero-order chi connectivity index (χ0) is 16.7. The van der Waals surface area contributed by atoms with E-state index in [0.29, 0.717) is 0 Å². The highest BCUT2D eigenvalue weighted by atomic mass is 32.2. The first kappa shape index (κ1) is 13.2. The van der Waals surface area contributed by atoms with Crippen LogP contribution < -0.4 is 4.74 Å². The van der Waals surface area contributed by atoms with Gasteiger partial charge in [0, 0.05) is 13.1 Å². The van der Waals surface area contributed by atoms with E-state index < -0.39 is 5.89 Å². The monoisotopic (exact) mass is 320 g/mol. The van der Waals surface area contributed by atoms with Gasteiger partial charge in [-0.3, -0.25) is 4.98 Å². The zero-order valence-electron chi connectivity index (χ0n) is 14.0. The smallest absolute Gasteiger partial charge is 0.150 e. The maximum absolute atomic E-state index is 8.25. The largest absolute Gasteiger partial charge is 0.454 e. The summed E-state index contributed by atoms with van der Waals surface area (Å²) in [6.07, 6.45) is 1.77. The highest BCUT2D eigenvalue weighted by molar-refractivity contribution is 7.99. The molecule has 0 spiro atoms. The van der Waals surface area contributed by atoms with Gasteiger partial charge in [-0.05, 0) is 47.9 Å². The third-order valence-corrected chi connectivity index (χ3v) is 4.97. The molecule has 0 fully saturated rings. The van der Waals surface area contributed by atoms with E-state index in [2.05, 4.69) is 17.1 Å². The van der Waals surface area contributed by atoms with E-state index in [1.165, 1.54) is 0 Å². The van der Waals surface area contributed by atoms with Gasteiger partial charge in [-0.1, -0.05) is 43.8 Å². The highest BCUT2D eigenvalue weighted by Gasteiger charge is 2.21. The molecule has 3 aromatic rings. The minimum absolute atomic E-state index is 0.658. The number of ether oxygens (including phenoxy) is 1. The van der Waals surface area contributed by atoms with Crippen LogP contribution in [0.3, 0.4) is 0 Å². The molecule has 0 unspecified atom stereocenters. The van der Waals surface area contributed by atoms with Gasteiger partial charge in [-0.25, -0.2) is 0 Å². The molecule has 0 saturated heterocycles. The number of rotatable bonds is 2. The molecule has 0 saturated carbocycles. The van der Waals surface area contributed by atoms with Gasteiger partial charge in [-0.2, -0.15) is 0 Å². The average molecular weight is 320 g/mol. The van der Waals surface area contributed by atoms with E-state index in [0.717, 1.165) is 38.1 Å². The fourth-order valence-electron chi connectivity index (χ4n) is 2.64.